The van der Waals surface area contributed by atoms with Crippen molar-refractivity contribution in [3.63, 3.8) is 0 Å². The van der Waals surface area contributed by atoms with E-state index in [1.807, 2.05) is 49.4 Å². The fourth-order valence-electron chi connectivity index (χ4n) is 3.98. The number of carbonyl (C=O) groups excluding carboxylic acids is 2. The summed E-state index contributed by atoms with van der Waals surface area (Å²) in [6, 6.07) is 18.5. The molecular weight excluding hydrogens is 392 g/mol. The van der Waals surface area contributed by atoms with Crippen LogP contribution in [0.15, 0.2) is 60.7 Å². The third-order valence-electron chi connectivity index (χ3n) is 6.05. The lowest BCUT2D eigenvalue weighted by molar-refractivity contribution is -0.118. The number of aryl methyl sites for hydroxylation is 1. The van der Waals surface area contributed by atoms with Gasteiger partial charge in [-0.25, -0.2) is 0 Å². The van der Waals surface area contributed by atoms with Crippen LogP contribution in [0.2, 0.25) is 0 Å². The van der Waals surface area contributed by atoms with Crippen LogP contribution >= 0.6 is 0 Å². The molecule has 1 fully saturated rings. The Kier molecular flexibility index (Phi) is 4.43. The number of ether oxygens (including phenoxy) is 2. The number of hydrogen-bond acceptors (Lipinski definition) is 4. The van der Waals surface area contributed by atoms with Gasteiger partial charge in [0.2, 0.25) is 12.7 Å². The fourth-order valence-corrected chi connectivity index (χ4v) is 3.98. The molecule has 3 aromatic carbocycles. The molecule has 1 aliphatic heterocycles. The second kappa shape index (κ2) is 7.16. The van der Waals surface area contributed by atoms with Crippen molar-refractivity contribution in [2.24, 2.45) is 0 Å². The van der Waals surface area contributed by atoms with E-state index < -0.39 is 11.3 Å². The van der Waals surface area contributed by atoms with Crippen LogP contribution in [0.4, 0.5) is 5.69 Å². The van der Waals surface area contributed by atoms with Crippen molar-refractivity contribution in [1.29, 1.82) is 0 Å². The van der Waals surface area contributed by atoms with Crippen molar-refractivity contribution in [1.82, 2.24) is 5.73 Å². The number of carbonyl (C=O) groups is 2. The highest BCUT2D eigenvalue weighted by Gasteiger charge is 2.51. The van der Waals surface area contributed by atoms with Crippen LogP contribution in [0.3, 0.4) is 0 Å². The minimum absolute atomic E-state index is 0.0401. The number of nitrogens with one attached hydrogen (secondary N) is 2. The van der Waals surface area contributed by atoms with Gasteiger partial charge in [-0.1, -0.05) is 30.3 Å². The molecule has 2 N–H and O–H groups in total. The number of hydrogen-bond donors (Lipinski definition) is 1. The topological polar surface area (TPSA) is 88.4 Å². The molecule has 5 rings (SSSR count). The second-order valence-corrected chi connectivity index (χ2v) is 8.04. The van der Waals surface area contributed by atoms with Gasteiger partial charge in [0.05, 0.1) is 5.41 Å². The normalized spacial score (nSPS) is 15.4. The molecular formula is C25H21N2O4. The SMILES string of the molecule is Cc1ccc(-c2cccc(C([NH])=O)c2)cc1NC(=O)C1(c2ccc3c(c2)OCO3)CC1. The molecule has 2 aliphatic rings. The van der Waals surface area contributed by atoms with Crippen LogP contribution in [0.5, 0.6) is 11.5 Å². The largest absolute Gasteiger partial charge is 0.454 e. The van der Waals surface area contributed by atoms with E-state index in [-0.39, 0.29) is 12.7 Å². The Labute approximate surface area is 180 Å². The first-order valence-electron chi connectivity index (χ1n) is 10.1. The van der Waals surface area contributed by atoms with Gasteiger partial charge >= 0.3 is 0 Å². The highest BCUT2D eigenvalue weighted by atomic mass is 16.7. The van der Waals surface area contributed by atoms with E-state index in [4.69, 9.17) is 15.2 Å². The summed E-state index contributed by atoms with van der Waals surface area (Å²) in [6.45, 7) is 2.15. The molecule has 31 heavy (non-hydrogen) atoms. The Balaban J connectivity index is 1.42. The minimum atomic E-state index is -0.720. The van der Waals surface area contributed by atoms with Crippen LogP contribution in [-0.2, 0) is 10.2 Å². The van der Waals surface area contributed by atoms with E-state index >= 15 is 0 Å². The summed E-state index contributed by atoms with van der Waals surface area (Å²) >= 11 is 0. The zero-order valence-corrected chi connectivity index (χ0v) is 17.0. The number of rotatable bonds is 5. The number of anilines is 1. The molecule has 1 saturated carbocycles. The van der Waals surface area contributed by atoms with E-state index in [1.54, 1.807) is 18.2 Å². The molecule has 0 unspecified atom stereocenters. The van der Waals surface area contributed by atoms with E-state index in [0.717, 1.165) is 40.8 Å². The average molecular weight is 413 g/mol. The number of fused-ring (bicyclic) bond motifs is 1. The summed E-state index contributed by atoms with van der Waals surface area (Å²) in [4.78, 5) is 24.7. The van der Waals surface area contributed by atoms with Gasteiger partial charge in [0.1, 0.15) is 0 Å². The number of benzene rings is 3. The van der Waals surface area contributed by atoms with Crippen molar-refractivity contribution in [2.75, 3.05) is 12.1 Å². The molecule has 0 bridgehead atoms. The van der Waals surface area contributed by atoms with Crippen LogP contribution in [0.25, 0.3) is 11.1 Å². The van der Waals surface area contributed by atoms with Gasteiger partial charge in [0.25, 0.3) is 5.91 Å². The number of amides is 2. The maximum Gasteiger partial charge on any atom is 0.269 e. The van der Waals surface area contributed by atoms with Crippen LogP contribution in [-0.4, -0.2) is 18.6 Å². The summed E-state index contributed by atoms with van der Waals surface area (Å²) in [5.41, 5.74) is 11.4. The molecule has 2 amide bonds. The Morgan fingerprint density at radius 1 is 0.935 bits per heavy atom. The second-order valence-electron chi connectivity index (χ2n) is 8.04. The van der Waals surface area contributed by atoms with E-state index in [0.29, 0.717) is 17.1 Å². The van der Waals surface area contributed by atoms with Gasteiger partial charge < -0.3 is 14.8 Å². The predicted molar refractivity (Wildman–Crippen MR) is 116 cm³/mol. The standard InChI is InChI=1S/C25H21N2O4/c1-15-5-6-17(16-3-2-4-18(11-16)23(26)28)12-20(15)27-24(29)25(9-10-25)19-7-8-21-22(13-19)31-14-30-21/h2-8,11-13,26H,9-10,14H2,1H3,(H,27,29). The molecule has 0 atom stereocenters. The van der Waals surface area contributed by atoms with Crippen LogP contribution in [0.1, 0.15) is 34.3 Å². The Morgan fingerprint density at radius 3 is 2.48 bits per heavy atom. The average Bonchev–Trinajstić information content (AvgIpc) is 3.46. The third kappa shape index (κ3) is 3.40. The zero-order chi connectivity index (χ0) is 21.6. The van der Waals surface area contributed by atoms with Crippen molar-refractivity contribution in [2.45, 2.75) is 25.2 Å². The third-order valence-corrected chi connectivity index (χ3v) is 6.05. The van der Waals surface area contributed by atoms with Crippen molar-refractivity contribution < 1.29 is 19.1 Å². The molecule has 0 aromatic heterocycles. The first-order valence-corrected chi connectivity index (χ1v) is 10.1. The fraction of sp³-hybridized carbons (Fsp3) is 0.200. The Hall–Kier alpha value is -3.80. The minimum Gasteiger partial charge on any atom is -0.454 e. The van der Waals surface area contributed by atoms with Gasteiger partial charge in [0, 0.05) is 11.3 Å². The summed E-state index contributed by atoms with van der Waals surface area (Å²) in [6.07, 6.45) is 1.57. The molecule has 6 nitrogen and oxygen atoms in total. The molecule has 155 valence electrons. The highest BCUT2D eigenvalue weighted by molar-refractivity contribution is 6.02. The van der Waals surface area contributed by atoms with E-state index in [2.05, 4.69) is 5.32 Å². The summed E-state index contributed by atoms with van der Waals surface area (Å²) in [5.74, 6) is 0.624. The summed E-state index contributed by atoms with van der Waals surface area (Å²) < 4.78 is 10.9. The lowest BCUT2D eigenvalue weighted by atomic mass is 9.94. The monoisotopic (exact) mass is 413 g/mol. The molecule has 1 aliphatic carbocycles. The van der Waals surface area contributed by atoms with Crippen LogP contribution in [0, 0.1) is 6.92 Å². The van der Waals surface area contributed by atoms with Gasteiger partial charge in [-0.3, -0.25) is 15.3 Å². The molecule has 6 heteroatoms. The van der Waals surface area contributed by atoms with Gasteiger partial charge in [-0.15, -0.1) is 0 Å². The van der Waals surface area contributed by atoms with Gasteiger partial charge in [0.15, 0.2) is 11.5 Å². The molecule has 0 spiro atoms. The van der Waals surface area contributed by atoms with Gasteiger partial charge in [-0.05, 0) is 72.4 Å². The van der Waals surface area contributed by atoms with Gasteiger partial charge in [-0.2, -0.15) is 0 Å². The maximum absolute atomic E-state index is 13.3. The first kappa shape index (κ1) is 19.2. The quantitative estimate of drug-likeness (QED) is 0.668. The highest BCUT2D eigenvalue weighted by Crippen LogP contribution is 2.51. The Morgan fingerprint density at radius 2 is 1.71 bits per heavy atom. The Bertz CT molecular complexity index is 1210. The zero-order valence-electron chi connectivity index (χ0n) is 17.0. The smallest absolute Gasteiger partial charge is 0.269 e. The van der Waals surface area contributed by atoms with E-state index in [1.165, 1.54) is 0 Å². The lowest BCUT2D eigenvalue weighted by Gasteiger charge is -2.18. The van der Waals surface area contributed by atoms with Crippen LogP contribution < -0.4 is 20.5 Å². The van der Waals surface area contributed by atoms with Crippen molar-refractivity contribution in [3.8, 4) is 22.6 Å². The van der Waals surface area contributed by atoms with Crippen molar-refractivity contribution >= 4 is 17.5 Å². The summed E-state index contributed by atoms with van der Waals surface area (Å²) in [7, 11) is 0. The van der Waals surface area contributed by atoms with Crippen molar-refractivity contribution in [3.05, 3.63) is 77.4 Å². The molecule has 1 heterocycles. The summed E-state index contributed by atoms with van der Waals surface area (Å²) in [5, 5.41) is 3.11. The maximum atomic E-state index is 13.3. The van der Waals surface area contributed by atoms with E-state index in [9.17, 15) is 9.59 Å². The first-order chi connectivity index (χ1) is 15.0. The lowest BCUT2D eigenvalue weighted by Crippen LogP contribution is -2.28. The molecule has 1 radical (unpaired) electrons. The molecule has 3 aromatic rings. The predicted octanol–water partition coefficient (Wildman–Crippen LogP) is 4.48. The molecule has 0 saturated heterocycles.